The number of hydrogen-bond donors (Lipinski definition) is 0. The van der Waals surface area contributed by atoms with Crippen molar-refractivity contribution in [3.63, 3.8) is 0 Å². The fourth-order valence-corrected chi connectivity index (χ4v) is 3.23. The number of para-hydroxylation sites is 1. The highest BCUT2D eigenvalue weighted by Crippen LogP contribution is 2.27. The van der Waals surface area contributed by atoms with Crippen LogP contribution in [0.4, 0.5) is 0 Å². The van der Waals surface area contributed by atoms with Crippen molar-refractivity contribution in [2.45, 2.75) is 13.5 Å². The summed E-state index contributed by atoms with van der Waals surface area (Å²) in [6, 6.07) is 15.8. The molecule has 0 saturated carbocycles. The van der Waals surface area contributed by atoms with Gasteiger partial charge in [0.05, 0.1) is 5.69 Å². The quantitative estimate of drug-likeness (QED) is 0.570. The Labute approximate surface area is 137 Å². The monoisotopic (exact) mass is 318 g/mol. The van der Waals surface area contributed by atoms with Crippen LogP contribution < -0.4 is 5.56 Å². The van der Waals surface area contributed by atoms with E-state index in [4.69, 9.17) is 0 Å². The molecule has 1 heterocycles. The Hall–Kier alpha value is -3.21. The zero-order chi connectivity index (χ0) is 16.8. The summed E-state index contributed by atoms with van der Waals surface area (Å²) in [5.74, 6) is -0.685. The molecule has 0 saturated heterocycles. The lowest BCUT2D eigenvalue weighted by atomic mass is 9.88. The molecule has 24 heavy (non-hydrogen) atoms. The predicted octanol–water partition coefficient (Wildman–Crippen LogP) is 2.43. The molecule has 1 aliphatic carbocycles. The molecule has 0 N–H and O–H groups in total. The van der Waals surface area contributed by atoms with Gasteiger partial charge in [-0.25, -0.2) is 9.36 Å². The van der Waals surface area contributed by atoms with Crippen LogP contribution in [0.2, 0.25) is 0 Å². The second-order valence-electron chi connectivity index (χ2n) is 5.60. The molecule has 2 aromatic carbocycles. The maximum atomic E-state index is 13.0. The molecule has 5 nitrogen and oxygen atoms in total. The molecule has 0 radical (unpaired) electrons. The van der Waals surface area contributed by atoms with Crippen LogP contribution in [0.3, 0.4) is 0 Å². The summed E-state index contributed by atoms with van der Waals surface area (Å²) in [6.45, 7) is 2.17. The average molecular weight is 318 g/mol. The van der Waals surface area contributed by atoms with Crippen LogP contribution in [0, 0.1) is 0 Å². The van der Waals surface area contributed by atoms with E-state index in [1.807, 2.05) is 37.3 Å². The van der Waals surface area contributed by atoms with Crippen LogP contribution in [-0.2, 0) is 6.54 Å². The van der Waals surface area contributed by atoms with Gasteiger partial charge >= 0.3 is 0 Å². The van der Waals surface area contributed by atoms with Gasteiger partial charge < -0.3 is 0 Å². The van der Waals surface area contributed by atoms with Crippen molar-refractivity contribution in [1.82, 2.24) is 9.36 Å². The first-order valence-electron chi connectivity index (χ1n) is 7.74. The number of carbonyl (C=O) groups excluding carboxylic acids is 2. The van der Waals surface area contributed by atoms with Gasteiger partial charge in [-0.15, -0.1) is 0 Å². The third-order valence-corrected chi connectivity index (χ3v) is 4.30. The van der Waals surface area contributed by atoms with Crippen LogP contribution in [0.25, 0.3) is 5.69 Å². The SMILES string of the molecule is CCn1c(=O)c2c(n1-c1ccccc1)C(=O)c1ccccc1C2=O. The summed E-state index contributed by atoms with van der Waals surface area (Å²) in [4.78, 5) is 38.6. The van der Waals surface area contributed by atoms with Crippen molar-refractivity contribution in [2.75, 3.05) is 0 Å². The van der Waals surface area contributed by atoms with E-state index in [1.54, 1.807) is 28.9 Å². The molecule has 4 rings (SSSR count). The Morgan fingerprint density at radius 1 is 0.792 bits per heavy atom. The van der Waals surface area contributed by atoms with E-state index in [1.165, 1.54) is 4.68 Å². The molecule has 0 aliphatic heterocycles. The first-order valence-corrected chi connectivity index (χ1v) is 7.74. The number of nitrogens with zero attached hydrogens (tertiary/aromatic N) is 2. The van der Waals surface area contributed by atoms with Gasteiger partial charge in [-0.2, -0.15) is 0 Å². The summed E-state index contributed by atoms with van der Waals surface area (Å²) >= 11 is 0. The van der Waals surface area contributed by atoms with Gasteiger partial charge in [-0.3, -0.25) is 14.4 Å². The summed E-state index contributed by atoms with van der Waals surface area (Å²) in [5, 5.41) is 0. The fraction of sp³-hybridized carbons (Fsp3) is 0.105. The highest BCUT2D eigenvalue weighted by atomic mass is 16.2. The number of ketones is 2. The van der Waals surface area contributed by atoms with Crippen molar-refractivity contribution in [3.8, 4) is 5.69 Å². The molecule has 118 valence electrons. The van der Waals surface area contributed by atoms with Crippen molar-refractivity contribution in [1.29, 1.82) is 0 Å². The number of hydrogen-bond acceptors (Lipinski definition) is 3. The van der Waals surface area contributed by atoms with E-state index in [9.17, 15) is 14.4 Å². The number of aromatic nitrogens is 2. The van der Waals surface area contributed by atoms with Crippen LogP contribution in [0.1, 0.15) is 38.9 Å². The maximum absolute atomic E-state index is 13.0. The van der Waals surface area contributed by atoms with Gasteiger partial charge in [0.15, 0.2) is 0 Å². The van der Waals surface area contributed by atoms with Crippen molar-refractivity contribution < 1.29 is 9.59 Å². The molecule has 0 amide bonds. The standard InChI is InChI=1S/C19H14N2O3/c1-2-20-19(24)15-16(21(20)12-8-4-3-5-9-12)18(23)14-11-7-6-10-13(14)17(15)22/h3-11H,2H2,1H3. The van der Waals surface area contributed by atoms with E-state index >= 15 is 0 Å². The van der Waals surface area contributed by atoms with Gasteiger partial charge in [0.2, 0.25) is 11.6 Å². The number of benzene rings is 2. The maximum Gasteiger partial charge on any atom is 0.279 e. The first-order chi connectivity index (χ1) is 11.6. The lowest BCUT2D eigenvalue weighted by molar-refractivity contribution is 0.0974. The van der Waals surface area contributed by atoms with Crippen LogP contribution in [-0.4, -0.2) is 20.9 Å². The Morgan fingerprint density at radius 3 is 2.00 bits per heavy atom. The molecule has 3 aromatic rings. The molecular formula is C19H14N2O3. The molecule has 0 atom stereocenters. The fourth-order valence-electron chi connectivity index (χ4n) is 3.23. The van der Waals surface area contributed by atoms with E-state index in [0.717, 1.165) is 0 Å². The number of carbonyl (C=O) groups is 2. The molecule has 0 unspecified atom stereocenters. The van der Waals surface area contributed by atoms with Crippen LogP contribution >= 0.6 is 0 Å². The Morgan fingerprint density at radius 2 is 1.38 bits per heavy atom. The van der Waals surface area contributed by atoms with E-state index in [0.29, 0.717) is 23.4 Å². The van der Waals surface area contributed by atoms with Crippen molar-refractivity contribution in [3.05, 3.63) is 87.3 Å². The van der Waals surface area contributed by atoms with Crippen molar-refractivity contribution in [2.24, 2.45) is 0 Å². The molecule has 1 aromatic heterocycles. The molecule has 1 aliphatic rings. The first kappa shape index (κ1) is 14.4. The summed E-state index contributed by atoms with van der Waals surface area (Å²) in [7, 11) is 0. The van der Waals surface area contributed by atoms with Crippen LogP contribution in [0.15, 0.2) is 59.4 Å². The minimum atomic E-state index is -0.427. The topological polar surface area (TPSA) is 61.1 Å². The largest absolute Gasteiger partial charge is 0.288 e. The second-order valence-corrected chi connectivity index (χ2v) is 5.60. The minimum absolute atomic E-state index is 0.0376. The number of fused-ring (bicyclic) bond motifs is 2. The van der Waals surface area contributed by atoms with E-state index in [-0.39, 0.29) is 22.8 Å². The summed E-state index contributed by atoms with van der Waals surface area (Å²) in [5.41, 5.74) is 0.997. The smallest absolute Gasteiger partial charge is 0.279 e. The zero-order valence-electron chi connectivity index (χ0n) is 13.0. The minimum Gasteiger partial charge on any atom is -0.288 e. The number of rotatable bonds is 2. The average Bonchev–Trinajstić information content (AvgIpc) is 2.93. The molecule has 0 fully saturated rings. The molecule has 5 heteroatoms. The lowest BCUT2D eigenvalue weighted by Crippen LogP contribution is -2.26. The van der Waals surface area contributed by atoms with Crippen molar-refractivity contribution >= 4 is 11.6 Å². The van der Waals surface area contributed by atoms with Gasteiger partial charge in [0.1, 0.15) is 11.3 Å². The normalized spacial score (nSPS) is 12.9. The second kappa shape index (κ2) is 5.16. The van der Waals surface area contributed by atoms with E-state index in [2.05, 4.69) is 0 Å². The molecule has 0 spiro atoms. The third kappa shape index (κ3) is 1.78. The highest BCUT2D eigenvalue weighted by Gasteiger charge is 2.37. The summed E-state index contributed by atoms with van der Waals surface area (Å²) < 4.78 is 3.00. The predicted molar refractivity (Wildman–Crippen MR) is 89.0 cm³/mol. The van der Waals surface area contributed by atoms with E-state index < -0.39 is 5.56 Å². The van der Waals surface area contributed by atoms with Gasteiger partial charge in [-0.05, 0) is 19.1 Å². The zero-order valence-corrected chi connectivity index (χ0v) is 13.0. The lowest BCUT2D eigenvalue weighted by Gasteiger charge is -2.17. The molecule has 0 bridgehead atoms. The van der Waals surface area contributed by atoms with Gasteiger partial charge in [0.25, 0.3) is 5.56 Å². The highest BCUT2D eigenvalue weighted by molar-refractivity contribution is 6.27. The molecular weight excluding hydrogens is 304 g/mol. The Bertz CT molecular complexity index is 1040. The Kier molecular flexibility index (Phi) is 3.09. The van der Waals surface area contributed by atoms with Gasteiger partial charge in [0, 0.05) is 17.7 Å². The van der Waals surface area contributed by atoms with Crippen LogP contribution in [0.5, 0.6) is 0 Å². The summed E-state index contributed by atoms with van der Waals surface area (Å²) in [6.07, 6.45) is 0. The third-order valence-electron chi connectivity index (χ3n) is 4.30. The Balaban J connectivity index is 2.12. The van der Waals surface area contributed by atoms with Gasteiger partial charge in [-0.1, -0.05) is 42.5 Å².